The Labute approximate surface area is 122 Å². The summed E-state index contributed by atoms with van der Waals surface area (Å²) in [6.07, 6.45) is 1.36. The van der Waals surface area contributed by atoms with Crippen LogP contribution in [0.3, 0.4) is 0 Å². The summed E-state index contributed by atoms with van der Waals surface area (Å²) in [6.45, 7) is 3.67. The number of thiazole rings is 1. The van der Waals surface area contributed by atoms with Crippen molar-refractivity contribution in [3.05, 3.63) is 35.7 Å². The van der Waals surface area contributed by atoms with Crippen LogP contribution in [0.15, 0.2) is 35.7 Å². The highest BCUT2D eigenvalue weighted by atomic mass is 32.1. The van der Waals surface area contributed by atoms with Crippen LogP contribution in [0.1, 0.15) is 26.7 Å². The van der Waals surface area contributed by atoms with Crippen molar-refractivity contribution in [1.82, 2.24) is 4.98 Å². The monoisotopic (exact) mass is 290 g/mol. The Bertz CT molecular complexity index is 583. The summed E-state index contributed by atoms with van der Waals surface area (Å²) < 4.78 is 0. The Morgan fingerprint density at radius 1 is 1.40 bits per heavy atom. The molecule has 106 valence electrons. The normalized spacial score (nSPS) is 13.7. The van der Waals surface area contributed by atoms with Crippen LogP contribution >= 0.6 is 11.3 Å². The minimum Gasteiger partial charge on any atom is -0.480 e. The lowest BCUT2D eigenvalue weighted by Crippen LogP contribution is -2.43. The van der Waals surface area contributed by atoms with Gasteiger partial charge >= 0.3 is 5.97 Å². The Balaban J connectivity index is 2.19. The van der Waals surface area contributed by atoms with E-state index in [2.05, 4.69) is 10.3 Å². The third kappa shape index (κ3) is 3.17. The van der Waals surface area contributed by atoms with Crippen LogP contribution in [0.25, 0.3) is 11.3 Å². The number of nitrogens with zero attached hydrogens (tertiary/aromatic N) is 1. The number of rotatable bonds is 6. The number of hydrogen-bond donors (Lipinski definition) is 2. The van der Waals surface area contributed by atoms with Crippen LogP contribution < -0.4 is 5.32 Å². The molecule has 0 amide bonds. The van der Waals surface area contributed by atoms with E-state index >= 15 is 0 Å². The molecule has 1 unspecified atom stereocenters. The molecular formula is C15H18N2O2S. The summed E-state index contributed by atoms with van der Waals surface area (Å²) in [6, 6.07) is 9.85. The highest BCUT2D eigenvalue weighted by Gasteiger charge is 2.32. The first kappa shape index (κ1) is 14.5. The van der Waals surface area contributed by atoms with E-state index in [9.17, 15) is 9.90 Å². The fourth-order valence-corrected chi connectivity index (χ4v) is 2.88. The number of carboxylic acids is 1. The van der Waals surface area contributed by atoms with Gasteiger partial charge in [-0.3, -0.25) is 0 Å². The van der Waals surface area contributed by atoms with Gasteiger partial charge in [0, 0.05) is 10.9 Å². The molecule has 0 aliphatic rings. The van der Waals surface area contributed by atoms with Crippen molar-refractivity contribution in [2.45, 2.75) is 32.2 Å². The second-order valence-corrected chi connectivity index (χ2v) is 5.77. The van der Waals surface area contributed by atoms with Crippen molar-refractivity contribution >= 4 is 22.4 Å². The molecule has 1 atom stereocenters. The summed E-state index contributed by atoms with van der Waals surface area (Å²) in [5.74, 6) is -0.851. The lowest BCUT2D eigenvalue weighted by atomic mass is 9.97. The van der Waals surface area contributed by atoms with Gasteiger partial charge in [0.15, 0.2) is 5.13 Å². The van der Waals surface area contributed by atoms with Gasteiger partial charge < -0.3 is 10.4 Å². The average Bonchev–Trinajstić information content (AvgIpc) is 2.88. The molecule has 0 aliphatic heterocycles. The van der Waals surface area contributed by atoms with Crippen LogP contribution in [0.4, 0.5) is 5.13 Å². The summed E-state index contributed by atoms with van der Waals surface area (Å²) >= 11 is 1.43. The zero-order valence-corrected chi connectivity index (χ0v) is 12.4. The third-order valence-electron chi connectivity index (χ3n) is 3.18. The lowest BCUT2D eigenvalue weighted by Gasteiger charge is -2.25. The van der Waals surface area contributed by atoms with E-state index in [1.54, 1.807) is 6.92 Å². The Morgan fingerprint density at radius 3 is 2.70 bits per heavy atom. The first-order valence-electron chi connectivity index (χ1n) is 6.57. The standard InChI is InChI=1S/C15H18N2O2S/c1-3-9-15(2,13(18)19)17-14-16-12(10-20-14)11-7-5-4-6-8-11/h4-8,10H,3,9H2,1-2H3,(H,16,17)(H,18,19). The van der Waals surface area contributed by atoms with Gasteiger partial charge in [0.05, 0.1) is 5.69 Å². The molecule has 0 saturated heterocycles. The number of carboxylic acid groups (broad SMARTS) is 1. The number of nitrogens with one attached hydrogen (secondary N) is 1. The summed E-state index contributed by atoms with van der Waals surface area (Å²) in [4.78, 5) is 15.9. The molecule has 1 heterocycles. The Morgan fingerprint density at radius 2 is 2.10 bits per heavy atom. The second-order valence-electron chi connectivity index (χ2n) is 4.92. The number of aromatic nitrogens is 1. The van der Waals surface area contributed by atoms with Gasteiger partial charge in [-0.2, -0.15) is 0 Å². The SMILES string of the molecule is CCCC(C)(Nc1nc(-c2ccccc2)cs1)C(=O)O. The smallest absolute Gasteiger partial charge is 0.329 e. The van der Waals surface area contributed by atoms with Gasteiger partial charge in [-0.05, 0) is 13.3 Å². The molecule has 1 aromatic heterocycles. The fraction of sp³-hybridized carbons (Fsp3) is 0.333. The van der Waals surface area contributed by atoms with Gasteiger partial charge in [-0.15, -0.1) is 11.3 Å². The first-order valence-corrected chi connectivity index (χ1v) is 7.45. The summed E-state index contributed by atoms with van der Waals surface area (Å²) in [5.41, 5.74) is 0.923. The maximum absolute atomic E-state index is 11.4. The maximum atomic E-state index is 11.4. The van der Waals surface area contributed by atoms with Crippen molar-refractivity contribution in [2.75, 3.05) is 5.32 Å². The molecule has 0 bridgehead atoms. The third-order valence-corrected chi connectivity index (χ3v) is 3.94. The van der Waals surface area contributed by atoms with Crippen LogP contribution in [0.5, 0.6) is 0 Å². The first-order chi connectivity index (χ1) is 9.55. The van der Waals surface area contributed by atoms with Gasteiger partial charge in [0.2, 0.25) is 0 Å². The van der Waals surface area contributed by atoms with Crippen LogP contribution in [-0.2, 0) is 4.79 Å². The molecule has 1 aromatic carbocycles. The Hall–Kier alpha value is -1.88. The zero-order chi connectivity index (χ0) is 14.6. The van der Waals surface area contributed by atoms with Gasteiger partial charge in [-0.1, -0.05) is 43.7 Å². The van der Waals surface area contributed by atoms with Crippen LogP contribution in [-0.4, -0.2) is 21.6 Å². The molecule has 20 heavy (non-hydrogen) atoms. The van der Waals surface area contributed by atoms with Crippen LogP contribution in [0.2, 0.25) is 0 Å². The van der Waals surface area contributed by atoms with Gasteiger partial charge in [0.1, 0.15) is 5.54 Å². The molecule has 2 aromatic rings. The van der Waals surface area contributed by atoms with E-state index in [4.69, 9.17) is 0 Å². The maximum Gasteiger partial charge on any atom is 0.329 e. The van der Waals surface area contributed by atoms with Crippen molar-refractivity contribution < 1.29 is 9.90 Å². The van der Waals surface area contributed by atoms with E-state index in [-0.39, 0.29) is 0 Å². The number of hydrogen-bond acceptors (Lipinski definition) is 4. The van der Waals surface area contributed by atoms with Crippen LogP contribution in [0, 0.1) is 0 Å². The highest BCUT2D eigenvalue weighted by molar-refractivity contribution is 7.14. The zero-order valence-electron chi connectivity index (χ0n) is 11.6. The fourth-order valence-electron chi connectivity index (χ4n) is 2.03. The highest BCUT2D eigenvalue weighted by Crippen LogP contribution is 2.28. The van der Waals surface area contributed by atoms with E-state index in [0.29, 0.717) is 11.6 Å². The van der Waals surface area contributed by atoms with E-state index in [1.807, 2.05) is 42.6 Å². The summed E-state index contributed by atoms with van der Waals surface area (Å²) in [5, 5.41) is 15.0. The topological polar surface area (TPSA) is 62.2 Å². The van der Waals surface area contributed by atoms with Gasteiger partial charge in [0.25, 0.3) is 0 Å². The van der Waals surface area contributed by atoms with Crippen molar-refractivity contribution in [2.24, 2.45) is 0 Å². The van der Waals surface area contributed by atoms with Gasteiger partial charge in [-0.25, -0.2) is 9.78 Å². The molecule has 2 rings (SSSR count). The van der Waals surface area contributed by atoms with E-state index < -0.39 is 11.5 Å². The second kappa shape index (κ2) is 6.05. The molecule has 0 saturated carbocycles. The minimum absolute atomic E-state index is 0.558. The molecule has 4 nitrogen and oxygen atoms in total. The minimum atomic E-state index is -0.972. The quantitative estimate of drug-likeness (QED) is 0.848. The van der Waals surface area contributed by atoms with Crippen molar-refractivity contribution in [3.63, 3.8) is 0 Å². The molecule has 0 radical (unpaired) electrons. The van der Waals surface area contributed by atoms with Crippen molar-refractivity contribution in [1.29, 1.82) is 0 Å². The molecular weight excluding hydrogens is 272 g/mol. The molecule has 2 N–H and O–H groups in total. The van der Waals surface area contributed by atoms with E-state index in [0.717, 1.165) is 17.7 Å². The van der Waals surface area contributed by atoms with Crippen molar-refractivity contribution in [3.8, 4) is 11.3 Å². The Kier molecular flexibility index (Phi) is 4.39. The number of aliphatic carboxylic acids is 1. The predicted octanol–water partition coefficient (Wildman–Crippen LogP) is 3.87. The number of benzene rings is 1. The molecule has 0 fully saturated rings. The number of carbonyl (C=O) groups is 1. The molecule has 0 spiro atoms. The molecule has 0 aliphatic carbocycles. The van der Waals surface area contributed by atoms with E-state index in [1.165, 1.54) is 11.3 Å². The predicted molar refractivity (Wildman–Crippen MR) is 82.1 cm³/mol. The lowest BCUT2D eigenvalue weighted by molar-refractivity contribution is -0.141. The summed E-state index contributed by atoms with van der Waals surface area (Å²) in [7, 11) is 0. The average molecular weight is 290 g/mol. The largest absolute Gasteiger partial charge is 0.480 e. The molecule has 5 heteroatoms. The number of anilines is 1.